The van der Waals surface area contributed by atoms with Crippen molar-refractivity contribution in [3.05, 3.63) is 36.7 Å². The van der Waals surface area contributed by atoms with Crippen LogP contribution in [0.2, 0.25) is 0 Å². The van der Waals surface area contributed by atoms with Crippen molar-refractivity contribution in [1.82, 2.24) is 24.5 Å². The van der Waals surface area contributed by atoms with Crippen LogP contribution >= 0.6 is 11.6 Å². The molecule has 0 spiro atoms. The summed E-state index contributed by atoms with van der Waals surface area (Å²) in [6.07, 6.45) is 17.0. The molecule has 0 radical (unpaired) electrons. The smallest absolute Gasteiger partial charge is 0.220 e. The number of carbonyl (C=O) groups excluding carboxylic acids is 2. The molecule has 1 saturated heterocycles. The van der Waals surface area contributed by atoms with Gasteiger partial charge in [0.2, 0.25) is 12.3 Å². The number of primary amides is 2. The molecule has 16 nitrogen and oxygen atoms in total. The molecule has 0 bridgehead atoms. The Balaban J connectivity index is 0.000000841. The molecule has 1 aliphatic carbocycles. The van der Waals surface area contributed by atoms with Gasteiger partial charge < -0.3 is 52.3 Å². The number of alkyl halides is 1. The maximum atomic E-state index is 11.0. The second-order valence-electron chi connectivity index (χ2n) is 16.4. The predicted molar refractivity (Wildman–Crippen MR) is 245 cm³/mol. The quantitative estimate of drug-likeness (QED) is 0.0493. The Hall–Kier alpha value is -3.67. The van der Waals surface area contributed by atoms with Gasteiger partial charge in [-0.1, -0.05) is 74.1 Å². The van der Waals surface area contributed by atoms with Gasteiger partial charge in [0.15, 0.2) is 0 Å². The first-order valence-corrected chi connectivity index (χ1v) is 22.3. The monoisotopic (exact) mass is 882 g/mol. The molecular formula is C44H80ClN9O7. The normalized spacial score (nSPS) is 19.6. The zero-order valence-electron chi connectivity index (χ0n) is 38.4. The molecule has 61 heavy (non-hydrogen) atoms. The fourth-order valence-corrected chi connectivity index (χ4v) is 6.65. The fourth-order valence-electron chi connectivity index (χ4n) is 6.46. The van der Waals surface area contributed by atoms with Gasteiger partial charge in [0, 0.05) is 37.2 Å². The first-order chi connectivity index (χ1) is 28.9. The number of halogens is 1. The summed E-state index contributed by atoms with van der Waals surface area (Å²) in [7, 11) is 0. The Morgan fingerprint density at radius 3 is 2.11 bits per heavy atom. The summed E-state index contributed by atoms with van der Waals surface area (Å²) < 4.78 is 13.3. The third-order valence-electron chi connectivity index (χ3n) is 11.0. The average Bonchev–Trinajstić information content (AvgIpc) is 3.83. The van der Waals surface area contributed by atoms with Crippen LogP contribution in [0.1, 0.15) is 145 Å². The number of hydrogen-bond acceptors (Lipinski definition) is 13. The van der Waals surface area contributed by atoms with Gasteiger partial charge >= 0.3 is 0 Å². The minimum absolute atomic E-state index is 0.0431. The third kappa shape index (κ3) is 20.8. The van der Waals surface area contributed by atoms with Crippen molar-refractivity contribution >= 4 is 46.6 Å². The topological polar surface area (TPSA) is 274 Å². The molecule has 3 unspecified atom stereocenters. The summed E-state index contributed by atoms with van der Waals surface area (Å²) in [5.41, 5.74) is 22.0. The Bertz CT molecular complexity index is 1580. The molecule has 3 aromatic rings. The number of anilines is 2. The lowest BCUT2D eigenvalue weighted by Gasteiger charge is -2.29. The van der Waals surface area contributed by atoms with E-state index in [-0.39, 0.29) is 43.1 Å². The van der Waals surface area contributed by atoms with E-state index in [1.807, 2.05) is 38.5 Å². The van der Waals surface area contributed by atoms with Crippen molar-refractivity contribution in [3.63, 3.8) is 0 Å². The summed E-state index contributed by atoms with van der Waals surface area (Å²) in [6.45, 7) is 19.2. The summed E-state index contributed by atoms with van der Waals surface area (Å²) in [6, 6.07) is 1.64. The van der Waals surface area contributed by atoms with Crippen molar-refractivity contribution in [3.8, 4) is 0 Å². The first-order valence-electron chi connectivity index (χ1n) is 21.8. The SMILES string of the molecule is CC.CC(C)(CO)OCCC1CCC(C(N)=O)CC1.CC(C)C(C)(C)c1cn(C2CC(O)C(CO)O2)c2ncnc(N)c12.CCCCCCCCl.NC=O.Nc1ccncn1. The lowest BCUT2D eigenvalue weighted by atomic mass is 9.75. The van der Waals surface area contributed by atoms with E-state index in [0.29, 0.717) is 42.1 Å². The lowest BCUT2D eigenvalue weighted by molar-refractivity contribution is -0.123. The number of fused-ring (bicyclic) bond motifs is 1. The number of rotatable bonds is 15. The Morgan fingerprint density at radius 1 is 1.03 bits per heavy atom. The fraction of sp³-hybridized carbons (Fsp3) is 0.727. The summed E-state index contributed by atoms with van der Waals surface area (Å²) in [5, 5.41) is 29.3. The molecule has 1 aliphatic heterocycles. The highest BCUT2D eigenvalue weighted by Crippen LogP contribution is 2.41. The summed E-state index contributed by atoms with van der Waals surface area (Å²) in [5.74, 6) is 2.75. The highest BCUT2D eigenvalue weighted by molar-refractivity contribution is 6.17. The van der Waals surface area contributed by atoms with Gasteiger partial charge in [-0.2, -0.15) is 0 Å². The molecule has 2 amide bonds. The molecule has 2 aliphatic rings. The molecule has 5 rings (SSSR count). The van der Waals surface area contributed by atoms with E-state index in [9.17, 15) is 15.0 Å². The van der Waals surface area contributed by atoms with E-state index in [2.05, 4.69) is 60.3 Å². The molecule has 3 aromatic heterocycles. The molecule has 17 heteroatoms. The number of nitrogens with two attached hydrogens (primary N) is 4. The van der Waals surface area contributed by atoms with Gasteiger partial charge in [0.25, 0.3) is 0 Å². The van der Waals surface area contributed by atoms with Crippen LogP contribution in [-0.2, 0) is 24.5 Å². The maximum Gasteiger partial charge on any atom is 0.220 e. The molecule has 1 saturated carbocycles. The molecule has 350 valence electrons. The number of aliphatic hydroxyl groups excluding tert-OH is 3. The van der Waals surface area contributed by atoms with Crippen molar-refractivity contribution < 1.29 is 34.4 Å². The number of aliphatic hydroxyl groups is 3. The molecule has 11 N–H and O–H groups in total. The molecule has 3 atom stereocenters. The van der Waals surface area contributed by atoms with E-state index in [1.165, 1.54) is 44.8 Å². The number of aromatic nitrogens is 5. The van der Waals surface area contributed by atoms with Crippen LogP contribution in [0, 0.1) is 17.8 Å². The van der Waals surface area contributed by atoms with Crippen molar-refractivity contribution in [2.24, 2.45) is 29.2 Å². The van der Waals surface area contributed by atoms with Crippen LogP contribution in [0.15, 0.2) is 31.1 Å². The van der Waals surface area contributed by atoms with Gasteiger partial charge in [-0.15, -0.1) is 11.6 Å². The van der Waals surface area contributed by atoms with E-state index in [0.717, 1.165) is 48.9 Å². The molecule has 4 heterocycles. The highest BCUT2D eigenvalue weighted by atomic mass is 35.5. The number of unbranched alkanes of at least 4 members (excludes halogenated alkanes) is 4. The first kappa shape index (κ1) is 57.3. The van der Waals surface area contributed by atoms with Crippen LogP contribution in [0.5, 0.6) is 0 Å². The number of carbonyl (C=O) groups is 2. The van der Waals surface area contributed by atoms with Crippen molar-refractivity contribution in [2.45, 2.75) is 162 Å². The average molecular weight is 883 g/mol. The largest absolute Gasteiger partial charge is 0.394 e. The molecule has 2 fully saturated rings. The van der Waals surface area contributed by atoms with Gasteiger partial charge in [-0.25, -0.2) is 19.9 Å². The van der Waals surface area contributed by atoms with Gasteiger partial charge in [-0.3, -0.25) is 9.59 Å². The zero-order chi connectivity index (χ0) is 46.6. The minimum Gasteiger partial charge on any atom is -0.394 e. The van der Waals surface area contributed by atoms with Crippen molar-refractivity contribution in [2.75, 3.05) is 37.2 Å². The summed E-state index contributed by atoms with van der Waals surface area (Å²) in [4.78, 5) is 35.5. The van der Waals surface area contributed by atoms with Crippen molar-refractivity contribution in [1.29, 1.82) is 0 Å². The standard InChI is InChI=1S/C17H26N4O3.C13H25NO3.C7H15Cl.C4H5N3.C2H6.CH3NO/c1-9(2)17(3,4)10-6-21(13-5-11(23)12(7-22)24-13)16-14(10)15(18)19-8-20-16;1-13(2,9-15)17-8-7-10-3-5-11(6-4-10)12(14)16;1-2-3-4-5-6-7-8;5-4-1-2-6-3-7-4;1-2;2-1-3/h6,8-9,11-13,22-23H,5,7H2,1-4H3,(H2,18,19,20);10-11,15H,3-9H2,1-2H3,(H2,14,16);2-7H2,1H3;1-3H,(H2,5,6,7);1-2H3;1H,(H2,2,3). The van der Waals surface area contributed by atoms with E-state index < -0.39 is 17.8 Å². The Morgan fingerprint density at radius 2 is 1.66 bits per heavy atom. The summed E-state index contributed by atoms with van der Waals surface area (Å²) >= 11 is 5.48. The van der Waals surface area contributed by atoms with Gasteiger partial charge in [-0.05, 0) is 81.3 Å². The minimum atomic E-state index is -0.696. The van der Waals surface area contributed by atoms with E-state index in [4.69, 9.17) is 48.2 Å². The number of ether oxygens (including phenoxy) is 2. The van der Waals surface area contributed by atoms with Crippen LogP contribution in [-0.4, -0.2) is 95.6 Å². The Kier molecular flexibility index (Phi) is 29.3. The van der Waals surface area contributed by atoms with Crippen LogP contribution in [0.25, 0.3) is 11.0 Å². The number of hydrogen-bond donors (Lipinski definition) is 7. The van der Waals surface area contributed by atoms with Crippen LogP contribution in [0.4, 0.5) is 11.6 Å². The number of amides is 2. The number of nitrogen functional groups attached to an aromatic ring is 2. The molecular weight excluding hydrogens is 802 g/mol. The Labute approximate surface area is 369 Å². The predicted octanol–water partition coefficient (Wildman–Crippen LogP) is 6.43. The zero-order valence-corrected chi connectivity index (χ0v) is 39.2. The second-order valence-corrected chi connectivity index (χ2v) is 16.8. The number of nitrogens with zero attached hydrogens (tertiary/aromatic N) is 5. The van der Waals surface area contributed by atoms with E-state index >= 15 is 0 Å². The lowest BCUT2D eigenvalue weighted by Crippen LogP contribution is -2.31. The highest BCUT2D eigenvalue weighted by Gasteiger charge is 2.37. The second kappa shape index (κ2) is 31.2. The van der Waals surface area contributed by atoms with Crippen LogP contribution in [0.3, 0.4) is 0 Å². The van der Waals surface area contributed by atoms with Gasteiger partial charge in [0.1, 0.15) is 42.3 Å². The van der Waals surface area contributed by atoms with Crippen LogP contribution < -0.4 is 22.9 Å². The third-order valence-corrected chi connectivity index (χ3v) is 11.2. The maximum absolute atomic E-state index is 11.0. The van der Waals surface area contributed by atoms with E-state index in [1.54, 1.807) is 12.3 Å². The molecule has 0 aromatic carbocycles. The van der Waals surface area contributed by atoms with Gasteiger partial charge in [0.05, 0.1) is 30.3 Å².